The lowest BCUT2D eigenvalue weighted by Gasteiger charge is -2.41. The summed E-state index contributed by atoms with van der Waals surface area (Å²) in [6, 6.07) is 19.4. The number of hydrogen-bond donors (Lipinski definition) is 4. The quantitative estimate of drug-likeness (QED) is 0.0620. The van der Waals surface area contributed by atoms with Crippen LogP contribution in [-0.4, -0.2) is 212 Å². The van der Waals surface area contributed by atoms with Crippen molar-refractivity contribution in [1.82, 2.24) is 81.8 Å². The van der Waals surface area contributed by atoms with Crippen LogP contribution in [0.5, 0.6) is 0 Å². The third-order valence-electron chi connectivity index (χ3n) is 28.5. The third-order valence-corrected chi connectivity index (χ3v) is 29.0. The molecule has 8 aliphatic heterocycles. The van der Waals surface area contributed by atoms with E-state index in [9.17, 15) is 4.39 Å². The normalized spacial score (nSPS) is 22.1. The second-order valence-corrected chi connectivity index (χ2v) is 39.0. The Kier molecular flexibility index (Phi) is 30.5. The molecule has 33 heteroatoms. The van der Waals surface area contributed by atoms with Crippen LogP contribution in [0.15, 0.2) is 66.6 Å². The Morgan fingerprint density at radius 2 is 0.582 bits per heavy atom. The number of nitrogens with one attached hydrogen (secondary N) is 4. The van der Waals surface area contributed by atoms with Gasteiger partial charge in [0.1, 0.15) is 51.5 Å². The van der Waals surface area contributed by atoms with Gasteiger partial charge in [0.15, 0.2) is 29.1 Å². The van der Waals surface area contributed by atoms with Crippen molar-refractivity contribution in [2.75, 3.05) is 98.6 Å². The number of pyridine rings is 4. The van der Waals surface area contributed by atoms with Gasteiger partial charge in [-0.1, -0.05) is 57.7 Å². The van der Waals surface area contributed by atoms with Gasteiger partial charge in [-0.2, -0.15) is 19.9 Å². The lowest BCUT2D eigenvalue weighted by atomic mass is 9.94. The number of nitrogens with zero attached hydrogens (tertiary/aromatic N) is 16. The molecule has 0 unspecified atom stereocenters. The van der Waals surface area contributed by atoms with Crippen LogP contribution in [0.25, 0.3) is 89.4 Å². The van der Waals surface area contributed by atoms with E-state index in [1.807, 2.05) is 66.7 Å². The van der Waals surface area contributed by atoms with Crippen LogP contribution in [0.2, 0.25) is 10.0 Å². The molecule has 0 radical (unpaired) electrons. The van der Waals surface area contributed by atoms with Gasteiger partial charge in [0, 0.05) is 178 Å². The number of piperidine rings is 4. The number of hydrogen-bond acceptors (Lipinski definition) is 28. The summed E-state index contributed by atoms with van der Waals surface area (Å²) < 4.78 is 89.7. The number of benzene rings is 4. The summed E-state index contributed by atoms with van der Waals surface area (Å²) in [5.74, 6) is 6.12. The summed E-state index contributed by atoms with van der Waals surface area (Å²) in [5, 5.41) is 35.7. The van der Waals surface area contributed by atoms with E-state index >= 15 is 8.78 Å². The standard InChI is InChI=1S/2C26H34FN5O2.C25H32ClN5O2.C24H29ClFN5O2/c2*1-5-18-13-21-16(3)23(26-28-17(4)31-34-26)25(30-24(21)22(27)14-18)32-9-6-20(12-15(32)2)29-19-7-10-33-11-8-19;1-14-11-20-16(3)22(25-27-17(4)30-33-25)24(29-23(20)21(26)12-14)31-8-5-19(13-15(31)2)28-18-6-9-32-10-7-18;1-13-10-18(28-17-5-8-32-9-6-17)4-7-31(13)23-21(24-27-15(3)30-33-24)14(2)19-11-16(25)12-20(26)22(19)29-23/h2*13-15,19-20,29H,5-12H2,1-4H3;11-12,15,18-19,28H,5-10,13H2,1-4H3;11-13,17-18,28H,4-10H2,1-3H3/t15-,20+;15-,20-;15-,19+;13-,18-/m1011/s1. The highest BCUT2D eigenvalue weighted by Gasteiger charge is 2.39. The van der Waals surface area contributed by atoms with Crippen molar-refractivity contribution in [2.45, 2.75) is 292 Å². The number of fused-ring (bicyclic) bond motifs is 4. The summed E-state index contributed by atoms with van der Waals surface area (Å²) in [4.78, 5) is 47.0. The van der Waals surface area contributed by atoms with E-state index in [0.717, 1.165) is 295 Å². The van der Waals surface area contributed by atoms with Gasteiger partial charge in [-0.15, -0.1) is 0 Å². The Balaban J connectivity index is 0.000000124. The Morgan fingerprint density at radius 3 is 0.843 bits per heavy atom. The number of halogens is 5. The fraction of sp³-hybridized carbons (Fsp3) is 0.564. The van der Waals surface area contributed by atoms with Gasteiger partial charge >= 0.3 is 0 Å². The maximum absolute atomic E-state index is 15.2. The lowest BCUT2D eigenvalue weighted by Crippen LogP contribution is -2.51. The van der Waals surface area contributed by atoms with Crippen LogP contribution in [0.1, 0.15) is 207 Å². The van der Waals surface area contributed by atoms with E-state index in [4.69, 9.17) is 80.2 Å². The second-order valence-electron chi connectivity index (χ2n) is 38.2. The molecule has 20 rings (SSSR count). The Morgan fingerprint density at radius 1 is 0.321 bits per heavy atom. The fourth-order valence-corrected chi connectivity index (χ4v) is 21.8. The van der Waals surface area contributed by atoms with E-state index in [-0.39, 0.29) is 29.8 Å². The Hall–Kier alpha value is -9.67. The smallest absolute Gasteiger partial charge is 0.261 e. The average Bonchev–Trinajstić information content (AvgIpc) is 1.15. The van der Waals surface area contributed by atoms with E-state index in [0.29, 0.717) is 139 Å². The van der Waals surface area contributed by atoms with Gasteiger partial charge in [-0.25, -0.2) is 33.1 Å². The van der Waals surface area contributed by atoms with E-state index in [1.54, 1.807) is 39.0 Å². The van der Waals surface area contributed by atoms with Gasteiger partial charge in [-0.05, 0) is 293 Å². The molecule has 0 bridgehead atoms. The number of ether oxygens (including phenoxy) is 4. The zero-order chi connectivity index (χ0) is 93.9. The van der Waals surface area contributed by atoms with Gasteiger partial charge in [0.05, 0.1) is 32.8 Å². The number of aryl methyl sites for hydroxylation is 11. The predicted molar refractivity (Wildman–Crippen MR) is 519 cm³/mol. The molecule has 8 fully saturated rings. The molecule has 134 heavy (non-hydrogen) atoms. The highest BCUT2D eigenvalue weighted by atomic mass is 35.5. The minimum absolute atomic E-state index is 0.207. The van der Waals surface area contributed by atoms with Gasteiger partial charge in [0.2, 0.25) is 0 Å². The molecule has 4 aromatic carbocycles. The first-order valence-corrected chi connectivity index (χ1v) is 49.2. The number of anilines is 4. The summed E-state index contributed by atoms with van der Waals surface area (Å²) in [6.45, 7) is 40.4. The molecule has 8 aromatic heterocycles. The van der Waals surface area contributed by atoms with E-state index in [1.165, 1.54) is 6.07 Å². The Labute approximate surface area is 792 Å². The molecular formula is C101H129Cl2F3N20O8. The second kappa shape index (κ2) is 42.5. The van der Waals surface area contributed by atoms with Gasteiger partial charge in [-0.3, -0.25) is 0 Å². The van der Waals surface area contributed by atoms with Crippen molar-refractivity contribution in [3.63, 3.8) is 0 Å². The monoisotopic (exact) mass is 1880 g/mol. The maximum Gasteiger partial charge on any atom is 0.261 e. The molecule has 716 valence electrons. The van der Waals surface area contributed by atoms with Crippen molar-refractivity contribution >= 4 is 90.1 Å². The molecule has 12 aromatic rings. The van der Waals surface area contributed by atoms with Crippen LogP contribution >= 0.6 is 23.2 Å². The molecule has 16 heterocycles. The first kappa shape index (κ1) is 96.0. The zero-order valence-electron chi connectivity index (χ0n) is 80.1. The SMILES string of the molecule is CCc1cc(F)c2nc(N3CC[C@H](NC4CCOCC4)C[C@@H]3C)c(-c3nc(C)no3)c(C)c2c1.CCc1cc(F)c2nc(N3CC[C@H](NC4CCOCC4)C[C@H]3C)c(-c3nc(C)no3)c(C)c2c1.Cc1cc(Cl)c2nc(N3CC[C@H](NC4CCOCC4)C[C@H]3C)c(-c3nc(C)no3)c(C)c2c1.Cc1noc(-c2c(N3CC[C@@H](NC4CCOCC4)C[C@H]3C)nc3c(F)cc(Cl)cc3c2C)n1. The first-order chi connectivity index (χ1) is 64.7. The maximum atomic E-state index is 15.2. The zero-order valence-corrected chi connectivity index (χ0v) is 81.6. The molecule has 0 amide bonds. The van der Waals surface area contributed by atoms with E-state index in [2.05, 4.69) is 122 Å². The van der Waals surface area contributed by atoms with Crippen molar-refractivity contribution in [3.8, 4) is 45.8 Å². The summed E-state index contributed by atoms with van der Waals surface area (Å²) >= 11 is 12.8. The summed E-state index contributed by atoms with van der Waals surface area (Å²) in [5.41, 5.74) is 11.9. The van der Waals surface area contributed by atoms with Gasteiger partial charge in [0.25, 0.3) is 23.6 Å². The van der Waals surface area contributed by atoms with Crippen molar-refractivity contribution < 1.29 is 50.2 Å². The number of aromatic nitrogens is 12. The molecule has 0 aliphatic carbocycles. The molecule has 8 saturated heterocycles. The molecule has 28 nitrogen and oxygen atoms in total. The average molecular weight is 1880 g/mol. The highest BCUT2D eigenvalue weighted by Crippen LogP contribution is 2.46. The van der Waals surface area contributed by atoms with Crippen LogP contribution in [0.4, 0.5) is 36.4 Å². The summed E-state index contributed by atoms with van der Waals surface area (Å²) in [7, 11) is 0. The lowest BCUT2D eigenvalue weighted by molar-refractivity contribution is 0.0731. The third kappa shape index (κ3) is 21.4. The van der Waals surface area contributed by atoms with Crippen LogP contribution in [0, 0.1) is 79.8 Å². The molecule has 8 aliphatic rings. The van der Waals surface area contributed by atoms with Crippen molar-refractivity contribution in [1.29, 1.82) is 0 Å². The molecule has 0 spiro atoms. The van der Waals surface area contributed by atoms with Gasteiger partial charge < -0.3 is 77.9 Å². The van der Waals surface area contributed by atoms with E-state index < -0.39 is 5.82 Å². The minimum Gasteiger partial charge on any atom is -0.381 e. The fourth-order valence-electron chi connectivity index (χ4n) is 21.3. The number of rotatable bonds is 18. The Bertz CT molecular complexity index is 5770. The van der Waals surface area contributed by atoms with Crippen LogP contribution < -0.4 is 40.9 Å². The molecule has 4 N–H and O–H groups in total. The molecule has 8 atom stereocenters. The summed E-state index contributed by atoms with van der Waals surface area (Å²) in [6.07, 6.45) is 18.2. The largest absolute Gasteiger partial charge is 0.381 e. The van der Waals surface area contributed by atoms with Crippen molar-refractivity contribution in [3.05, 3.63) is 138 Å². The van der Waals surface area contributed by atoms with Crippen molar-refractivity contribution in [2.24, 2.45) is 0 Å². The van der Waals surface area contributed by atoms with Crippen LogP contribution in [-0.2, 0) is 31.8 Å². The first-order valence-electron chi connectivity index (χ1n) is 48.5. The topological polar surface area (TPSA) is 305 Å². The highest BCUT2D eigenvalue weighted by molar-refractivity contribution is 6.35. The van der Waals surface area contributed by atoms with Crippen LogP contribution in [0.3, 0.4) is 0 Å². The molecule has 0 saturated carbocycles. The molecular weight excluding hydrogens is 1750 g/mol. The predicted octanol–water partition coefficient (Wildman–Crippen LogP) is 19.3. The minimum atomic E-state index is -0.432.